The summed E-state index contributed by atoms with van der Waals surface area (Å²) < 4.78 is 0. The summed E-state index contributed by atoms with van der Waals surface area (Å²) in [6.07, 6.45) is 3.08. The predicted molar refractivity (Wildman–Crippen MR) is 79.4 cm³/mol. The Morgan fingerprint density at radius 1 is 1.16 bits per heavy atom. The predicted octanol–water partition coefficient (Wildman–Crippen LogP) is 2.35. The second-order valence-electron chi connectivity index (χ2n) is 4.57. The summed E-state index contributed by atoms with van der Waals surface area (Å²) in [4.78, 5) is 34.2. The van der Waals surface area contributed by atoms with E-state index in [-0.39, 0.29) is 30.3 Å². The summed E-state index contributed by atoms with van der Waals surface area (Å²) in [6, 6.07) is -0.411. The van der Waals surface area contributed by atoms with Crippen molar-refractivity contribution in [2.75, 3.05) is 11.5 Å². The average Bonchev–Trinajstić information content (AvgIpc) is 2.39. The van der Waals surface area contributed by atoms with Gasteiger partial charge in [0.2, 0.25) is 5.91 Å². The molecular weight excluding hydrogens is 262 g/mol. The molecule has 5 heteroatoms. The molecule has 0 spiro atoms. The molecular formula is C14H25NO3S. The highest BCUT2D eigenvalue weighted by Crippen LogP contribution is 2.08. The number of amides is 1. The Bertz CT molecular complexity index is 305. The number of carbonyl (C=O) groups excluding carboxylic acids is 3. The number of nitrogens with one attached hydrogen (secondary N) is 1. The van der Waals surface area contributed by atoms with E-state index in [1.807, 2.05) is 0 Å². The Morgan fingerprint density at radius 3 is 2.37 bits per heavy atom. The molecule has 0 aliphatic carbocycles. The minimum absolute atomic E-state index is 0.00848. The van der Waals surface area contributed by atoms with Gasteiger partial charge < -0.3 is 10.1 Å². The Morgan fingerprint density at radius 2 is 1.84 bits per heavy atom. The molecule has 19 heavy (non-hydrogen) atoms. The number of ketones is 2. The van der Waals surface area contributed by atoms with E-state index in [1.165, 1.54) is 6.92 Å². The largest absolute Gasteiger partial charge is 0.345 e. The van der Waals surface area contributed by atoms with Crippen LogP contribution in [0.15, 0.2) is 0 Å². The van der Waals surface area contributed by atoms with Gasteiger partial charge in [-0.1, -0.05) is 20.3 Å². The number of rotatable bonds is 11. The van der Waals surface area contributed by atoms with E-state index in [0.717, 1.165) is 18.6 Å². The smallest absolute Gasteiger partial charge is 0.221 e. The number of hydrogen-bond acceptors (Lipinski definition) is 4. The quantitative estimate of drug-likeness (QED) is 0.593. The third-order valence-electron chi connectivity index (χ3n) is 2.70. The highest BCUT2D eigenvalue weighted by Gasteiger charge is 2.18. The van der Waals surface area contributed by atoms with E-state index >= 15 is 0 Å². The summed E-state index contributed by atoms with van der Waals surface area (Å²) in [6.45, 7) is 5.38. The third kappa shape index (κ3) is 9.70. The molecule has 0 rings (SSSR count). The van der Waals surface area contributed by atoms with E-state index < -0.39 is 6.04 Å². The summed E-state index contributed by atoms with van der Waals surface area (Å²) in [5.74, 6) is 1.47. The van der Waals surface area contributed by atoms with Gasteiger partial charge in [0.05, 0.1) is 6.04 Å². The Hall–Kier alpha value is -0.840. The lowest BCUT2D eigenvalue weighted by Gasteiger charge is -2.16. The SMILES string of the molecule is CCCCSCC(NC(=O)CCC(C)=O)C(=O)CC. The van der Waals surface area contributed by atoms with Crippen LogP contribution >= 0.6 is 11.8 Å². The van der Waals surface area contributed by atoms with E-state index in [4.69, 9.17) is 0 Å². The molecule has 0 bridgehead atoms. The number of unbranched alkanes of at least 4 members (excludes halogenated alkanes) is 1. The van der Waals surface area contributed by atoms with Crippen molar-refractivity contribution >= 4 is 29.2 Å². The molecule has 1 unspecified atom stereocenters. The van der Waals surface area contributed by atoms with Crippen molar-refractivity contribution in [3.05, 3.63) is 0 Å². The molecule has 0 aromatic heterocycles. The van der Waals surface area contributed by atoms with Crippen molar-refractivity contribution in [2.45, 2.75) is 58.9 Å². The van der Waals surface area contributed by atoms with Gasteiger partial charge in [-0.05, 0) is 19.1 Å². The zero-order valence-corrected chi connectivity index (χ0v) is 13.0. The van der Waals surface area contributed by atoms with Crippen molar-refractivity contribution in [2.24, 2.45) is 0 Å². The highest BCUT2D eigenvalue weighted by molar-refractivity contribution is 7.99. The third-order valence-corrected chi connectivity index (χ3v) is 3.85. The molecule has 0 saturated heterocycles. The van der Waals surface area contributed by atoms with Crippen LogP contribution in [0.25, 0.3) is 0 Å². The fourth-order valence-corrected chi connectivity index (χ4v) is 2.63. The first kappa shape index (κ1) is 18.2. The Kier molecular flexibility index (Phi) is 10.5. The molecule has 0 aromatic rings. The Balaban J connectivity index is 4.15. The molecule has 110 valence electrons. The van der Waals surface area contributed by atoms with Gasteiger partial charge in [-0.3, -0.25) is 9.59 Å². The Labute approximate surface area is 120 Å². The number of thioether (sulfide) groups is 1. The topological polar surface area (TPSA) is 63.2 Å². The summed E-state index contributed by atoms with van der Waals surface area (Å²) in [5.41, 5.74) is 0. The van der Waals surface area contributed by atoms with E-state index in [1.54, 1.807) is 18.7 Å². The molecule has 1 atom stereocenters. The molecule has 4 nitrogen and oxygen atoms in total. The number of hydrogen-bond donors (Lipinski definition) is 1. The lowest BCUT2D eigenvalue weighted by molar-refractivity contribution is -0.128. The number of Topliss-reactive ketones (excluding diaryl/α,β-unsaturated/α-hetero) is 2. The minimum Gasteiger partial charge on any atom is -0.345 e. The molecule has 0 heterocycles. The van der Waals surface area contributed by atoms with Crippen LogP contribution in [0, 0.1) is 0 Å². The van der Waals surface area contributed by atoms with Gasteiger partial charge in [0.15, 0.2) is 5.78 Å². The molecule has 0 saturated carbocycles. The lowest BCUT2D eigenvalue weighted by atomic mass is 10.1. The van der Waals surface area contributed by atoms with Gasteiger partial charge in [0, 0.05) is 25.0 Å². The second kappa shape index (κ2) is 11.0. The average molecular weight is 287 g/mol. The van der Waals surface area contributed by atoms with E-state index in [2.05, 4.69) is 12.2 Å². The van der Waals surface area contributed by atoms with Gasteiger partial charge in [-0.15, -0.1) is 0 Å². The second-order valence-corrected chi connectivity index (χ2v) is 5.72. The molecule has 0 fully saturated rings. The fraction of sp³-hybridized carbons (Fsp3) is 0.786. The van der Waals surface area contributed by atoms with Crippen LogP contribution in [0.1, 0.15) is 52.9 Å². The van der Waals surface area contributed by atoms with Crippen molar-refractivity contribution in [1.82, 2.24) is 5.32 Å². The molecule has 1 amide bonds. The normalized spacial score (nSPS) is 11.9. The van der Waals surface area contributed by atoms with Gasteiger partial charge in [0.1, 0.15) is 5.78 Å². The van der Waals surface area contributed by atoms with Gasteiger partial charge in [0.25, 0.3) is 0 Å². The minimum atomic E-state index is -0.411. The summed E-state index contributed by atoms with van der Waals surface area (Å²) in [5, 5.41) is 2.74. The molecule has 0 aromatic carbocycles. The molecule has 0 aliphatic rings. The van der Waals surface area contributed by atoms with Gasteiger partial charge in [-0.25, -0.2) is 0 Å². The van der Waals surface area contributed by atoms with Crippen LogP contribution in [0.2, 0.25) is 0 Å². The zero-order valence-electron chi connectivity index (χ0n) is 12.2. The van der Waals surface area contributed by atoms with E-state index in [0.29, 0.717) is 12.2 Å². The van der Waals surface area contributed by atoms with Crippen LogP contribution in [-0.2, 0) is 14.4 Å². The maximum atomic E-state index is 11.8. The zero-order chi connectivity index (χ0) is 14.7. The van der Waals surface area contributed by atoms with Crippen LogP contribution < -0.4 is 5.32 Å². The first-order chi connectivity index (χ1) is 9.01. The van der Waals surface area contributed by atoms with Crippen molar-refractivity contribution in [1.29, 1.82) is 0 Å². The van der Waals surface area contributed by atoms with Crippen molar-refractivity contribution in [3.63, 3.8) is 0 Å². The van der Waals surface area contributed by atoms with Gasteiger partial charge in [-0.2, -0.15) is 11.8 Å². The first-order valence-corrected chi connectivity index (χ1v) is 8.05. The maximum absolute atomic E-state index is 11.8. The van der Waals surface area contributed by atoms with Crippen molar-refractivity contribution in [3.8, 4) is 0 Å². The summed E-state index contributed by atoms with van der Waals surface area (Å²) in [7, 11) is 0. The van der Waals surface area contributed by atoms with Crippen molar-refractivity contribution < 1.29 is 14.4 Å². The lowest BCUT2D eigenvalue weighted by Crippen LogP contribution is -2.42. The van der Waals surface area contributed by atoms with Crippen LogP contribution in [0.4, 0.5) is 0 Å². The monoisotopic (exact) mass is 287 g/mol. The fourth-order valence-electron chi connectivity index (χ4n) is 1.47. The number of carbonyl (C=O) groups is 3. The van der Waals surface area contributed by atoms with Gasteiger partial charge >= 0.3 is 0 Å². The first-order valence-electron chi connectivity index (χ1n) is 6.90. The van der Waals surface area contributed by atoms with E-state index in [9.17, 15) is 14.4 Å². The molecule has 0 aliphatic heterocycles. The molecule has 0 radical (unpaired) electrons. The van der Waals surface area contributed by atoms with Crippen LogP contribution in [0.3, 0.4) is 0 Å². The standard InChI is InChI=1S/C14H25NO3S/c1-4-6-9-19-10-12(13(17)5-2)15-14(18)8-7-11(3)16/h12H,4-10H2,1-3H3,(H,15,18). The maximum Gasteiger partial charge on any atom is 0.221 e. The molecule has 1 N–H and O–H groups in total. The highest BCUT2D eigenvalue weighted by atomic mass is 32.2. The van der Waals surface area contributed by atoms with Crippen LogP contribution in [0.5, 0.6) is 0 Å². The van der Waals surface area contributed by atoms with Crippen LogP contribution in [-0.4, -0.2) is 35.0 Å². The summed E-state index contributed by atoms with van der Waals surface area (Å²) >= 11 is 1.69.